The number of carbonyl (C=O) groups excluding carboxylic acids is 2. The fourth-order valence-corrected chi connectivity index (χ4v) is 3.43. The molecule has 0 aromatic heterocycles. The van der Waals surface area contributed by atoms with E-state index in [1.165, 1.54) is 5.56 Å². The lowest BCUT2D eigenvalue weighted by molar-refractivity contribution is -0.136. The van der Waals surface area contributed by atoms with E-state index in [-0.39, 0.29) is 23.7 Å². The highest BCUT2D eigenvalue weighted by Gasteiger charge is 2.46. The monoisotopic (exact) mass is 350 g/mol. The van der Waals surface area contributed by atoms with Crippen molar-refractivity contribution >= 4 is 27.7 Å². The van der Waals surface area contributed by atoms with Crippen molar-refractivity contribution in [3.05, 3.63) is 34.3 Å². The van der Waals surface area contributed by atoms with E-state index in [1.54, 1.807) is 0 Å². The maximum absolute atomic E-state index is 12.5. The van der Waals surface area contributed by atoms with E-state index in [9.17, 15) is 9.59 Å². The first-order chi connectivity index (χ1) is 10.1. The molecule has 1 aromatic carbocycles. The Bertz CT molecular complexity index is 550. The second kappa shape index (κ2) is 5.79. The smallest absolute Gasteiger partial charge is 0.226 e. The summed E-state index contributed by atoms with van der Waals surface area (Å²) in [5, 5.41) is 0. The van der Waals surface area contributed by atoms with Crippen molar-refractivity contribution in [1.29, 1.82) is 0 Å². The summed E-state index contributed by atoms with van der Waals surface area (Å²) in [4.78, 5) is 25.6. The van der Waals surface area contributed by atoms with Crippen LogP contribution in [0.15, 0.2) is 28.7 Å². The van der Waals surface area contributed by atoms with Gasteiger partial charge in [0.15, 0.2) is 0 Å². The standard InChI is InChI=1S/C16H19BrN2O2/c17-12-3-1-10(2-4-12)13-9-14(13)16(21)19-7-5-11(6-8-19)15(18)20/h1-4,11,13-14H,5-9H2,(H2,18,20). The number of nitrogens with two attached hydrogens (primary N) is 1. The molecule has 112 valence electrons. The van der Waals surface area contributed by atoms with Gasteiger partial charge in [0.25, 0.3) is 0 Å². The van der Waals surface area contributed by atoms with Crippen LogP contribution in [0.3, 0.4) is 0 Å². The average molecular weight is 351 g/mol. The summed E-state index contributed by atoms with van der Waals surface area (Å²) >= 11 is 3.43. The molecule has 0 bridgehead atoms. The molecule has 1 aliphatic heterocycles. The molecule has 1 heterocycles. The highest BCUT2D eigenvalue weighted by atomic mass is 79.9. The normalized spacial score (nSPS) is 25.7. The van der Waals surface area contributed by atoms with Crippen LogP contribution in [0.4, 0.5) is 0 Å². The third-order valence-corrected chi connectivity index (χ3v) is 5.14. The zero-order valence-electron chi connectivity index (χ0n) is 11.8. The van der Waals surface area contributed by atoms with Crippen LogP contribution >= 0.6 is 15.9 Å². The first-order valence-electron chi connectivity index (χ1n) is 7.40. The van der Waals surface area contributed by atoms with Crippen LogP contribution in [0, 0.1) is 11.8 Å². The molecule has 1 aromatic rings. The summed E-state index contributed by atoms with van der Waals surface area (Å²) in [5.41, 5.74) is 6.56. The fraction of sp³-hybridized carbons (Fsp3) is 0.500. The number of carbonyl (C=O) groups is 2. The van der Waals surface area contributed by atoms with Crippen LogP contribution in [0.25, 0.3) is 0 Å². The van der Waals surface area contributed by atoms with Crippen LogP contribution in [0.2, 0.25) is 0 Å². The average Bonchev–Trinajstić information content (AvgIpc) is 3.28. The van der Waals surface area contributed by atoms with Gasteiger partial charge in [0.05, 0.1) is 0 Å². The molecule has 5 heteroatoms. The number of piperidine rings is 1. The highest BCUT2D eigenvalue weighted by molar-refractivity contribution is 9.10. The van der Waals surface area contributed by atoms with Crippen molar-refractivity contribution in [2.24, 2.45) is 17.6 Å². The van der Waals surface area contributed by atoms with Crippen molar-refractivity contribution < 1.29 is 9.59 Å². The molecule has 2 unspecified atom stereocenters. The number of nitrogens with zero attached hydrogens (tertiary/aromatic N) is 1. The van der Waals surface area contributed by atoms with Gasteiger partial charge in [0.1, 0.15) is 0 Å². The molecule has 2 amide bonds. The zero-order valence-corrected chi connectivity index (χ0v) is 13.4. The number of halogens is 1. The minimum Gasteiger partial charge on any atom is -0.369 e. The first kappa shape index (κ1) is 14.6. The summed E-state index contributed by atoms with van der Waals surface area (Å²) in [6, 6.07) is 8.21. The maximum Gasteiger partial charge on any atom is 0.226 e. The second-order valence-electron chi connectivity index (χ2n) is 6.00. The molecule has 2 atom stereocenters. The van der Waals surface area contributed by atoms with Crippen molar-refractivity contribution in [1.82, 2.24) is 4.90 Å². The predicted octanol–water partition coefficient (Wildman–Crippen LogP) is 2.28. The Labute approximate surface area is 132 Å². The molecule has 2 aliphatic rings. The Morgan fingerprint density at radius 1 is 1.14 bits per heavy atom. The van der Waals surface area contributed by atoms with Crippen molar-refractivity contribution in [3.8, 4) is 0 Å². The number of amides is 2. The molecular weight excluding hydrogens is 332 g/mol. The minimum atomic E-state index is -0.235. The van der Waals surface area contributed by atoms with Crippen molar-refractivity contribution in [3.63, 3.8) is 0 Å². The summed E-state index contributed by atoms with van der Waals surface area (Å²) in [5.74, 6) is 0.429. The molecular formula is C16H19BrN2O2. The number of hydrogen-bond acceptors (Lipinski definition) is 2. The largest absolute Gasteiger partial charge is 0.369 e. The molecule has 2 N–H and O–H groups in total. The SMILES string of the molecule is NC(=O)C1CCN(C(=O)C2CC2c2ccc(Br)cc2)CC1. The van der Waals surface area contributed by atoms with E-state index in [1.807, 2.05) is 17.0 Å². The van der Waals surface area contributed by atoms with Gasteiger partial charge in [-0.05, 0) is 42.9 Å². The van der Waals surface area contributed by atoms with Gasteiger partial charge in [0.2, 0.25) is 11.8 Å². The van der Waals surface area contributed by atoms with Gasteiger partial charge in [-0.2, -0.15) is 0 Å². The summed E-state index contributed by atoms with van der Waals surface area (Å²) in [6.45, 7) is 1.33. The second-order valence-corrected chi connectivity index (χ2v) is 6.92. The Kier molecular flexibility index (Phi) is 4.02. The Morgan fingerprint density at radius 3 is 2.33 bits per heavy atom. The van der Waals surface area contributed by atoms with Crippen LogP contribution in [0.5, 0.6) is 0 Å². The molecule has 21 heavy (non-hydrogen) atoms. The molecule has 0 radical (unpaired) electrons. The Hall–Kier alpha value is -1.36. The third-order valence-electron chi connectivity index (χ3n) is 4.61. The number of benzene rings is 1. The van der Waals surface area contributed by atoms with Gasteiger partial charge in [-0.15, -0.1) is 0 Å². The molecule has 1 aliphatic carbocycles. The van der Waals surface area contributed by atoms with Crippen molar-refractivity contribution in [2.75, 3.05) is 13.1 Å². The van der Waals surface area contributed by atoms with Crippen LogP contribution in [-0.2, 0) is 9.59 Å². The zero-order chi connectivity index (χ0) is 15.0. The maximum atomic E-state index is 12.5. The number of hydrogen-bond donors (Lipinski definition) is 1. The molecule has 3 rings (SSSR count). The van der Waals surface area contributed by atoms with E-state index in [0.29, 0.717) is 31.8 Å². The Balaban J connectivity index is 1.56. The molecule has 1 saturated carbocycles. The topological polar surface area (TPSA) is 63.4 Å². The van der Waals surface area contributed by atoms with Gasteiger partial charge in [-0.1, -0.05) is 28.1 Å². The van der Waals surface area contributed by atoms with Gasteiger partial charge < -0.3 is 10.6 Å². The van der Waals surface area contributed by atoms with E-state index < -0.39 is 0 Å². The lowest BCUT2D eigenvalue weighted by Crippen LogP contribution is -2.42. The van der Waals surface area contributed by atoms with E-state index in [4.69, 9.17) is 5.73 Å². The molecule has 1 saturated heterocycles. The lowest BCUT2D eigenvalue weighted by Gasteiger charge is -2.30. The van der Waals surface area contributed by atoms with Gasteiger partial charge in [-0.25, -0.2) is 0 Å². The van der Waals surface area contributed by atoms with E-state index >= 15 is 0 Å². The van der Waals surface area contributed by atoms with Crippen LogP contribution < -0.4 is 5.73 Å². The van der Waals surface area contributed by atoms with E-state index in [2.05, 4.69) is 28.1 Å². The molecule has 0 spiro atoms. The fourth-order valence-electron chi connectivity index (χ4n) is 3.17. The minimum absolute atomic E-state index is 0.0597. The number of primary amides is 1. The van der Waals surface area contributed by atoms with Gasteiger partial charge in [0, 0.05) is 29.4 Å². The summed E-state index contributed by atoms with van der Waals surface area (Å²) < 4.78 is 1.06. The van der Waals surface area contributed by atoms with Gasteiger partial charge >= 0.3 is 0 Å². The summed E-state index contributed by atoms with van der Waals surface area (Å²) in [6.07, 6.45) is 2.35. The predicted molar refractivity (Wildman–Crippen MR) is 83.5 cm³/mol. The third kappa shape index (κ3) is 3.12. The lowest BCUT2D eigenvalue weighted by atomic mass is 9.96. The van der Waals surface area contributed by atoms with Crippen LogP contribution in [-0.4, -0.2) is 29.8 Å². The van der Waals surface area contributed by atoms with Crippen LogP contribution in [0.1, 0.15) is 30.7 Å². The molecule has 2 fully saturated rings. The quantitative estimate of drug-likeness (QED) is 0.908. The first-order valence-corrected chi connectivity index (χ1v) is 8.19. The number of rotatable bonds is 3. The molecule has 4 nitrogen and oxygen atoms in total. The highest BCUT2D eigenvalue weighted by Crippen LogP contribution is 2.48. The number of likely N-dealkylation sites (tertiary alicyclic amines) is 1. The van der Waals surface area contributed by atoms with E-state index in [0.717, 1.165) is 10.9 Å². The van der Waals surface area contributed by atoms with Crippen molar-refractivity contribution in [2.45, 2.75) is 25.2 Å². The Morgan fingerprint density at radius 2 is 1.76 bits per heavy atom. The van der Waals surface area contributed by atoms with Gasteiger partial charge in [-0.3, -0.25) is 9.59 Å². The summed E-state index contributed by atoms with van der Waals surface area (Å²) in [7, 11) is 0.